The number of benzene rings is 1. The van der Waals surface area contributed by atoms with Crippen LogP contribution in [0.15, 0.2) is 36.7 Å². The summed E-state index contributed by atoms with van der Waals surface area (Å²) < 4.78 is 41.6. The topological polar surface area (TPSA) is 39.1 Å². The van der Waals surface area contributed by atoms with Crippen molar-refractivity contribution in [1.29, 1.82) is 0 Å². The number of aromatic nitrogens is 2. The predicted octanol–water partition coefficient (Wildman–Crippen LogP) is 3.49. The van der Waals surface area contributed by atoms with E-state index in [1.807, 2.05) is 13.1 Å². The fraction of sp³-hybridized carbons (Fsp3) is 0.308. The molecule has 0 fully saturated rings. The predicted molar refractivity (Wildman–Crippen MR) is 68.4 cm³/mol. The molecule has 108 valence electrons. The molecule has 0 amide bonds. The van der Waals surface area contributed by atoms with E-state index in [2.05, 4.69) is 15.2 Å². The zero-order chi connectivity index (χ0) is 14.8. The molecule has 0 aliphatic carbocycles. The molecule has 1 N–H and O–H groups in total. The average molecular weight is 285 g/mol. The molecule has 7 heteroatoms. The third-order valence-corrected chi connectivity index (χ3v) is 2.70. The molecule has 2 rings (SSSR count). The van der Waals surface area contributed by atoms with Gasteiger partial charge < -0.3 is 10.1 Å². The molecular weight excluding hydrogens is 271 g/mol. The SMILES string of the molecule is CC(Nc1cnn(C)c1)c1ccc(OC(F)(F)F)cc1. The summed E-state index contributed by atoms with van der Waals surface area (Å²) in [6.45, 7) is 1.91. The van der Waals surface area contributed by atoms with Gasteiger partial charge in [-0.1, -0.05) is 12.1 Å². The van der Waals surface area contributed by atoms with Crippen LogP contribution in [0.3, 0.4) is 0 Å². The van der Waals surface area contributed by atoms with Gasteiger partial charge in [0.1, 0.15) is 5.75 Å². The summed E-state index contributed by atoms with van der Waals surface area (Å²) in [5.41, 5.74) is 1.69. The highest BCUT2D eigenvalue weighted by molar-refractivity contribution is 5.42. The number of hydrogen-bond donors (Lipinski definition) is 1. The lowest BCUT2D eigenvalue weighted by Gasteiger charge is -2.15. The van der Waals surface area contributed by atoms with Gasteiger partial charge in [0.15, 0.2) is 0 Å². The molecule has 1 unspecified atom stereocenters. The lowest BCUT2D eigenvalue weighted by molar-refractivity contribution is -0.274. The van der Waals surface area contributed by atoms with Crippen LogP contribution in [0.1, 0.15) is 18.5 Å². The first-order chi connectivity index (χ1) is 9.33. The van der Waals surface area contributed by atoms with Gasteiger partial charge >= 0.3 is 6.36 Å². The van der Waals surface area contributed by atoms with Crippen LogP contribution >= 0.6 is 0 Å². The van der Waals surface area contributed by atoms with Crippen LogP contribution in [-0.4, -0.2) is 16.1 Å². The molecule has 1 aromatic carbocycles. The lowest BCUT2D eigenvalue weighted by Crippen LogP contribution is -2.17. The molecule has 1 aromatic heterocycles. The van der Waals surface area contributed by atoms with E-state index in [4.69, 9.17) is 0 Å². The van der Waals surface area contributed by atoms with Crippen molar-refractivity contribution in [2.45, 2.75) is 19.3 Å². The van der Waals surface area contributed by atoms with Gasteiger partial charge in [-0.15, -0.1) is 13.2 Å². The van der Waals surface area contributed by atoms with E-state index in [0.717, 1.165) is 11.3 Å². The van der Waals surface area contributed by atoms with Gasteiger partial charge in [0.05, 0.1) is 11.9 Å². The second-order valence-corrected chi connectivity index (χ2v) is 4.39. The van der Waals surface area contributed by atoms with Crippen LogP contribution in [0, 0.1) is 0 Å². The Kier molecular flexibility index (Phi) is 3.87. The van der Waals surface area contributed by atoms with Gasteiger partial charge in [-0.05, 0) is 24.6 Å². The Morgan fingerprint density at radius 3 is 2.40 bits per heavy atom. The van der Waals surface area contributed by atoms with E-state index in [-0.39, 0.29) is 11.8 Å². The van der Waals surface area contributed by atoms with Gasteiger partial charge in [-0.3, -0.25) is 4.68 Å². The summed E-state index contributed by atoms with van der Waals surface area (Å²) >= 11 is 0. The molecule has 0 aliphatic heterocycles. The van der Waals surface area contributed by atoms with Gasteiger partial charge in [0.2, 0.25) is 0 Å². The fourth-order valence-corrected chi connectivity index (χ4v) is 1.79. The second-order valence-electron chi connectivity index (χ2n) is 4.39. The van der Waals surface area contributed by atoms with E-state index in [1.54, 1.807) is 30.1 Å². The maximum absolute atomic E-state index is 12.0. The molecule has 0 bridgehead atoms. The van der Waals surface area contributed by atoms with Crippen molar-refractivity contribution in [3.05, 3.63) is 42.2 Å². The Labute approximate surface area is 114 Å². The Hall–Kier alpha value is -2.18. The first kappa shape index (κ1) is 14.2. The molecule has 2 aromatic rings. The molecule has 4 nitrogen and oxygen atoms in total. The number of nitrogens with one attached hydrogen (secondary N) is 1. The standard InChI is InChI=1S/C13H14F3N3O/c1-9(18-11-7-17-19(2)8-11)10-3-5-12(6-4-10)20-13(14,15)16/h3-9,18H,1-2H3. The highest BCUT2D eigenvalue weighted by Gasteiger charge is 2.30. The summed E-state index contributed by atoms with van der Waals surface area (Å²) in [5, 5.41) is 7.23. The number of nitrogens with zero attached hydrogens (tertiary/aromatic N) is 2. The summed E-state index contributed by atoms with van der Waals surface area (Å²) in [7, 11) is 1.80. The zero-order valence-corrected chi connectivity index (χ0v) is 11.0. The second kappa shape index (κ2) is 5.44. The van der Waals surface area contributed by atoms with E-state index in [0.29, 0.717) is 0 Å². The number of hydrogen-bond acceptors (Lipinski definition) is 3. The Bertz CT molecular complexity index is 563. The minimum Gasteiger partial charge on any atom is -0.406 e. The van der Waals surface area contributed by atoms with Crippen LogP contribution < -0.4 is 10.1 Å². The zero-order valence-electron chi connectivity index (χ0n) is 11.0. The number of halogens is 3. The van der Waals surface area contributed by atoms with Gasteiger partial charge in [0.25, 0.3) is 0 Å². The van der Waals surface area contributed by atoms with E-state index in [1.165, 1.54) is 12.1 Å². The van der Waals surface area contributed by atoms with Crippen molar-refractivity contribution >= 4 is 5.69 Å². The maximum Gasteiger partial charge on any atom is 0.573 e. The van der Waals surface area contributed by atoms with Crippen LogP contribution in [-0.2, 0) is 7.05 Å². The molecule has 0 saturated heterocycles. The molecule has 20 heavy (non-hydrogen) atoms. The highest BCUT2D eigenvalue weighted by Crippen LogP contribution is 2.25. The van der Waals surface area contributed by atoms with Gasteiger partial charge in [-0.25, -0.2) is 0 Å². The highest BCUT2D eigenvalue weighted by atomic mass is 19.4. The summed E-state index contributed by atoms with van der Waals surface area (Å²) in [4.78, 5) is 0. The Balaban J connectivity index is 2.02. The van der Waals surface area contributed by atoms with E-state index < -0.39 is 6.36 Å². The number of aryl methyl sites for hydroxylation is 1. The Morgan fingerprint density at radius 1 is 1.25 bits per heavy atom. The average Bonchev–Trinajstić information content (AvgIpc) is 2.73. The van der Waals surface area contributed by atoms with Crippen molar-refractivity contribution in [2.75, 3.05) is 5.32 Å². The third kappa shape index (κ3) is 3.91. The third-order valence-electron chi connectivity index (χ3n) is 2.70. The monoisotopic (exact) mass is 285 g/mol. The normalized spacial score (nSPS) is 13.1. The van der Waals surface area contributed by atoms with Crippen molar-refractivity contribution in [1.82, 2.24) is 9.78 Å². The Morgan fingerprint density at radius 2 is 1.90 bits per heavy atom. The molecule has 0 spiro atoms. The van der Waals surface area contributed by atoms with Gasteiger partial charge in [0, 0.05) is 19.3 Å². The molecule has 0 radical (unpaired) electrons. The smallest absolute Gasteiger partial charge is 0.406 e. The summed E-state index contributed by atoms with van der Waals surface area (Å²) in [5.74, 6) is -0.227. The molecule has 1 atom stereocenters. The first-order valence-electron chi connectivity index (χ1n) is 5.94. The largest absolute Gasteiger partial charge is 0.573 e. The number of anilines is 1. The van der Waals surface area contributed by atoms with E-state index >= 15 is 0 Å². The van der Waals surface area contributed by atoms with Crippen molar-refractivity contribution in [2.24, 2.45) is 7.05 Å². The quantitative estimate of drug-likeness (QED) is 0.934. The molecule has 0 saturated carbocycles. The van der Waals surface area contributed by atoms with Crippen molar-refractivity contribution in [3.8, 4) is 5.75 Å². The first-order valence-corrected chi connectivity index (χ1v) is 5.94. The minimum absolute atomic E-state index is 0.0564. The van der Waals surface area contributed by atoms with Crippen LogP contribution in [0.2, 0.25) is 0 Å². The number of rotatable bonds is 4. The van der Waals surface area contributed by atoms with Crippen LogP contribution in [0.4, 0.5) is 18.9 Å². The molecular formula is C13H14F3N3O. The summed E-state index contributed by atoms with van der Waals surface area (Å²) in [6.07, 6.45) is -1.17. The minimum atomic E-state index is -4.67. The maximum atomic E-state index is 12.0. The van der Waals surface area contributed by atoms with Gasteiger partial charge in [-0.2, -0.15) is 5.10 Å². The molecule has 0 aliphatic rings. The fourth-order valence-electron chi connectivity index (χ4n) is 1.79. The van der Waals surface area contributed by atoms with Crippen LogP contribution in [0.25, 0.3) is 0 Å². The number of alkyl halides is 3. The molecule has 1 heterocycles. The van der Waals surface area contributed by atoms with Crippen molar-refractivity contribution in [3.63, 3.8) is 0 Å². The van der Waals surface area contributed by atoms with Crippen molar-refractivity contribution < 1.29 is 17.9 Å². The summed E-state index contributed by atoms with van der Waals surface area (Å²) in [6, 6.07) is 5.72. The number of ether oxygens (including phenoxy) is 1. The van der Waals surface area contributed by atoms with E-state index in [9.17, 15) is 13.2 Å². The lowest BCUT2D eigenvalue weighted by atomic mass is 10.1. The van der Waals surface area contributed by atoms with Crippen LogP contribution in [0.5, 0.6) is 5.75 Å².